The van der Waals surface area contributed by atoms with Gasteiger partial charge in [-0.05, 0) is 41.8 Å². The number of primary amides is 1. The molecule has 0 bridgehead atoms. The Labute approximate surface area is 129 Å². The van der Waals surface area contributed by atoms with Crippen molar-refractivity contribution >= 4 is 38.9 Å². The van der Waals surface area contributed by atoms with Gasteiger partial charge in [0.05, 0.1) is 16.1 Å². The van der Waals surface area contributed by atoms with Crippen LogP contribution in [0.3, 0.4) is 0 Å². The fourth-order valence-corrected chi connectivity index (χ4v) is 3.06. The van der Waals surface area contributed by atoms with Crippen LogP contribution in [0.4, 0.5) is 10.1 Å². The van der Waals surface area contributed by atoms with Crippen LogP contribution in [0.15, 0.2) is 48.5 Å². The SMILES string of the molecule is NC(=O)c1ccccc1NC(=O)c1cc2cc(F)ccc2s1. The molecule has 1 heterocycles. The van der Waals surface area contributed by atoms with Gasteiger partial charge in [-0.25, -0.2) is 4.39 Å². The minimum atomic E-state index is -0.616. The number of thiophene rings is 1. The van der Waals surface area contributed by atoms with E-state index in [2.05, 4.69) is 5.32 Å². The summed E-state index contributed by atoms with van der Waals surface area (Å²) in [4.78, 5) is 24.1. The Morgan fingerprint density at radius 2 is 1.86 bits per heavy atom. The first kappa shape index (κ1) is 14.2. The van der Waals surface area contributed by atoms with Crippen molar-refractivity contribution in [1.82, 2.24) is 0 Å². The standard InChI is InChI=1S/C16H11FN2O2S/c17-10-5-6-13-9(7-10)8-14(22-13)16(21)19-12-4-2-1-3-11(12)15(18)20/h1-8H,(H2,18,20)(H,19,21). The number of carbonyl (C=O) groups excluding carboxylic acids is 2. The maximum Gasteiger partial charge on any atom is 0.265 e. The van der Waals surface area contributed by atoms with E-state index in [1.807, 2.05) is 0 Å². The third-order valence-corrected chi connectivity index (χ3v) is 4.26. The molecule has 0 aliphatic heterocycles. The number of halogens is 1. The van der Waals surface area contributed by atoms with Crippen molar-refractivity contribution in [2.24, 2.45) is 5.73 Å². The molecular formula is C16H11FN2O2S. The van der Waals surface area contributed by atoms with E-state index in [1.165, 1.54) is 29.5 Å². The van der Waals surface area contributed by atoms with Crippen molar-refractivity contribution < 1.29 is 14.0 Å². The van der Waals surface area contributed by atoms with E-state index in [1.54, 1.807) is 30.3 Å². The van der Waals surface area contributed by atoms with Crippen molar-refractivity contribution in [3.8, 4) is 0 Å². The van der Waals surface area contributed by atoms with Crippen molar-refractivity contribution in [2.45, 2.75) is 0 Å². The molecule has 2 aromatic carbocycles. The Morgan fingerprint density at radius 3 is 2.64 bits per heavy atom. The molecule has 0 unspecified atom stereocenters. The third-order valence-electron chi connectivity index (χ3n) is 3.14. The number of fused-ring (bicyclic) bond motifs is 1. The van der Waals surface area contributed by atoms with Crippen molar-refractivity contribution in [3.63, 3.8) is 0 Å². The Morgan fingerprint density at radius 1 is 1.09 bits per heavy atom. The molecule has 6 heteroatoms. The highest BCUT2D eigenvalue weighted by atomic mass is 32.1. The van der Waals surface area contributed by atoms with Crippen molar-refractivity contribution in [1.29, 1.82) is 0 Å². The number of amides is 2. The lowest BCUT2D eigenvalue weighted by atomic mass is 10.1. The van der Waals surface area contributed by atoms with Crippen LogP contribution in [0.1, 0.15) is 20.0 Å². The first-order valence-corrected chi connectivity index (χ1v) is 7.25. The van der Waals surface area contributed by atoms with Crippen LogP contribution < -0.4 is 11.1 Å². The number of carbonyl (C=O) groups is 2. The molecular weight excluding hydrogens is 303 g/mol. The summed E-state index contributed by atoms with van der Waals surface area (Å²) in [6.07, 6.45) is 0. The molecule has 2 amide bonds. The predicted molar refractivity (Wildman–Crippen MR) is 84.7 cm³/mol. The molecule has 0 radical (unpaired) electrons. The van der Waals surface area contributed by atoms with Gasteiger partial charge in [0.25, 0.3) is 11.8 Å². The third kappa shape index (κ3) is 2.68. The first-order chi connectivity index (χ1) is 10.5. The van der Waals surface area contributed by atoms with Crippen LogP contribution in [-0.4, -0.2) is 11.8 Å². The fourth-order valence-electron chi connectivity index (χ4n) is 2.12. The molecule has 110 valence electrons. The number of hydrogen-bond donors (Lipinski definition) is 2. The monoisotopic (exact) mass is 314 g/mol. The molecule has 4 nitrogen and oxygen atoms in total. The number of anilines is 1. The van der Waals surface area contributed by atoms with Crippen LogP contribution in [0.5, 0.6) is 0 Å². The number of benzene rings is 2. The van der Waals surface area contributed by atoms with E-state index in [0.29, 0.717) is 16.0 Å². The highest BCUT2D eigenvalue weighted by Crippen LogP contribution is 2.27. The molecule has 0 saturated carbocycles. The molecule has 0 atom stereocenters. The van der Waals surface area contributed by atoms with Gasteiger partial charge in [-0.1, -0.05) is 12.1 Å². The molecule has 1 aromatic heterocycles. The normalized spacial score (nSPS) is 10.6. The van der Waals surface area contributed by atoms with Gasteiger partial charge in [0.2, 0.25) is 0 Å². The molecule has 3 N–H and O–H groups in total. The Kier molecular flexibility index (Phi) is 3.60. The maximum atomic E-state index is 13.2. The molecule has 0 spiro atoms. The molecule has 22 heavy (non-hydrogen) atoms. The average Bonchev–Trinajstić information content (AvgIpc) is 2.90. The topological polar surface area (TPSA) is 72.2 Å². The van der Waals surface area contributed by atoms with Crippen LogP contribution in [-0.2, 0) is 0 Å². The number of nitrogens with one attached hydrogen (secondary N) is 1. The van der Waals surface area contributed by atoms with Gasteiger partial charge in [-0.3, -0.25) is 9.59 Å². The van der Waals surface area contributed by atoms with Crippen LogP contribution in [0.25, 0.3) is 10.1 Å². The summed E-state index contributed by atoms with van der Waals surface area (Å²) in [6, 6.07) is 12.5. The highest BCUT2D eigenvalue weighted by Gasteiger charge is 2.14. The van der Waals surface area contributed by atoms with E-state index in [4.69, 9.17) is 5.73 Å². The Hall–Kier alpha value is -2.73. The molecule has 0 saturated heterocycles. The van der Waals surface area contributed by atoms with Gasteiger partial charge in [-0.15, -0.1) is 11.3 Å². The van der Waals surface area contributed by atoms with Crippen LogP contribution in [0, 0.1) is 5.82 Å². The summed E-state index contributed by atoms with van der Waals surface area (Å²) in [7, 11) is 0. The van der Waals surface area contributed by atoms with E-state index in [-0.39, 0.29) is 17.3 Å². The smallest absolute Gasteiger partial charge is 0.265 e. The van der Waals surface area contributed by atoms with Gasteiger partial charge < -0.3 is 11.1 Å². The summed E-state index contributed by atoms with van der Waals surface area (Å²) in [6.45, 7) is 0. The summed E-state index contributed by atoms with van der Waals surface area (Å²) in [5, 5.41) is 3.33. The fraction of sp³-hybridized carbons (Fsp3) is 0. The summed E-state index contributed by atoms with van der Waals surface area (Å²) in [5.74, 6) is -1.33. The van der Waals surface area contributed by atoms with Gasteiger partial charge in [0.1, 0.15) is 5.82 Å². The minimum absolute atomic E-state index is 0.239. The second-order valence-electron chi connectivity index (χ2n) is 4.66. The predicted octanol–water partition coefficient (Wildman–Crippen LogP) is 3.39. The number of nitrogens with two attached hydrogens (primary N) is 1. The second-order valence-corrected chi connectivity index (χ2v) is 5.74. The molecule has 3 rings (SSSR count). The summed E-state index contributed by atoms with van der Waals surface area (Å²) >= 11 is 1.25. The average molecular weight is 314 g/mol. The summed E-state index contributed by atoms with van der Waals surface area (Å²) in [5.41, 5.74) is 5.87. The van der Waals surface area contributed by atoms with Crippen molar-refractivity contribution in [2.75, 3.05) is 5.32 Å². The van der Waals surface area contributed by atoms with Crippen molar-refractivity contribution in [3.05, 3.63) is 64.8 Å². The summed E-state index contributed by atoms with van der Waals surface area (Å²) < 4.78 is 14.0. The first-order valence-electron chi connectivity index (χ1n) is 6.44. The van der Waals surface area contributed by atoms with E-state index >= 15 is 0 Å². The zero-order chi connectivity index (χ0) is 15.7. The number of rotatable bonds is 3. The van der Waals surface area contributed by atoms with E-state index < -0.39 is 5.91 Å². The molecule has 0 aliphatic rings. The molecule has 0 aliphatic carbocycles. The lowest BCUT2D eigenvalue weighted by molar-refractivity contribution is 0.100. The van der Waals surface area contributed by atoms with Gasteiger partial charge >= 0.3 is 0 Å². The zero-order valence-corrected chi connectivity index (χ0v) is 12.1. The minimum Gasteiger partial charge on any atom is -0.366 e. The Balaban J connectivity index is 1.92. The lowest BCUT2D eigenvalue weighted by Gasteiger charge is -2.07. The molecule has 3 aromatic rings. The zero-order valence-electron chi connectivity index (χ0n) is 11.3. The van der Waals surface area contributed by atoms with Gasteiger partial charge in [0.15, 0.2) is 0 Å². The number of hydrogen-bond acceptors (Lipinski definition) is 3. The largest absolute Gasteiger partial charge is 0.366 e. The van der Waals surface area contributed by atoms with Gasteiger partial charge in [0, 0.05) is 4.70 Å². The highest BCUT2D eigenvalue weighted by molar-refractivity contribution is 7.20. The molecule has 0 fully saturated rings. The van der Waals surface area contributed by atoms with E-state index in [0.717, 1.165) is 4.70 Å². The van der Waals surface area contributed by atoms with Gasteiger partial charge in [-0.2, -0.15) is 0 Å². The van der Waals surface area contributed by atoms with E-state index in [9.17, 15) is 14.0 Å². The number of para-hydroxylation sites is 1. The Bertz CT molecular complexity index is 889. The van der Waals surface area contributed by atoms with Crippen LogP contribution >= 0.6 is 11.3 Å². The van der Waals surface area contributed by atoms with Crippen LogP contribution in [0.2, 0.25) is 0 Å². The maximum absolute atomic E-state index is 13.2. The second kappa shape index (κ2) is 5.57. The quantitative estimate of drug-likeness (QED) is 0.778. The lowest BCUT2D eigenvalue weighted by Crippen LogP contribution is -2.17.